The Balaban J connectivity index is 2.33. The Kier molecular flexibility index (Phi) is 1.44. The van der Waals surface area contributed by atoms with Crippen molar-refractivity contribution in [2.24, 2.45) is 0 Å². The minimum absolute atomic E-state index is 1.07. The number of fused-ring (bicyclic) bond motifs is 1. The number of imidazole rings is 1. The summed E-state index contributed by atoms with van der Waals surface area (Å²) in [5.41, 5.74) is 2.26. The highest BCUT2D eigenvalue weighted by atomic mass is 15.0. The number of hydrogen-bond donors (Lipinski definition) is 2. The molecule has 0 unspecified atom stereocenters. The number of nitrogens with one attached hydrogen (secondary N) is 2. The molecule has 0 aliphatic carbocycles. The van der Waals surface area contributed by atoms with E-state index in [-0.39, 0.29) is 0 Å². The van der Waals surface area contributed by atoms with Crippen LogP contribution in [0.4, 0.5) is 0 Å². The maximum atomic E-state index is 3.25. The van der Waals surface area contributed by atoms with E-state index < -0.39 is 0 Å². The first-order valence-electron chi connectivity index (χ1n) is 4.57. The molecule has 0 saturated carbocycles. The Morgan fingerprint density at radius 2 is 2.00 bits per heavy atom. The summed E-state index contributed by atoms with van der Waals surface area (Å²) < 4.78 is 2.12. The summed E-state index contributed by atoms with van der Waals surface area (Å²) >= 11 is 0. The van der Waals surface area contributed by atoms with Gasteiger partial charge in [-0.25, -0.2) is 4.98 Å². The van der Waals surface area contributed by atoms with Crippen molar-refractivity contribution in [1.82, 2.24) is 9.97 Å². The standard InChI is InChI=1S/C11H9N3/c1-2-7-14-9(4-1)8-13-11(14)10-5-3-6-12-10/h1-8H,(H,12,13)/p+1. The van der Waals surface area contributed by atoms with Crippen LogP contribution in [0.1, 0.15) is 0 Å². The van der Waals surface area contributed by atoms with Crippen LogP contribution in [0.15, 0.2) is 48.9 Å². The SMILES string of the molecule is c1c[nH]c(-c2[nH]cc3cccc[n+]23)c1. The molecule has 0 amide bonds. The maximum absolute atomic E-state index is 3.25. The zero-order chi connectivity index (χ0) is 9.38. The second-order valence-electron chi connectivity index (χ2n) is 3.22. The van der Waals surface area contributed by atoms with Gasteiger partial charge in [-0.2, -0.15) is 4.40 Å². The summed E-state index contributed by atoms with van der Waals surface area (Å²) in [6, 6.07) is 10.2. The van der Waals surface area contributed by atoms with Crippen LogP contribution in [0.3, 0.4) is 0 Å². The third kappa shape index (κ3) is 0.956. The van der Waals surface area contributed by atoms with Crippen molar-refractivity contribution in [3.05, 3.63) is 48.9 Å². The molecule has 0 aliphatic heterocycles. The lowest BCUT2D eigenvalue weighted by Gasteiger charge is -1.89. The van der Waals surface area contributed by atoms with Gasteiger partial charge in [0.1, 0.15) is 11.9 Å². The average Bonchev–Trinajstić information content (AvgIpc) is 2.85. The zero-order valence-corrected chi connectivity index (χ0v) is 7.57. The topological polar surface area (TPSA) is 35.7 Å². The summed E-state index contributed by atoms with van der Waals surface area (Å²) in [7, 11) is 0. The number of pyridine rings is 1. The van der Waals surface area contributed by atoms with Crippen LogP contribution in [0.2, 0.25) is 0 Å². The molecule has 68 valence electrons. The highest BCUT2D eigenvalue weighted by molar-refractivity contribution is 5.50. The third-order valence-corrected chi connectivity index (χ3v) is 2.34. The van der Waals surface area contributed by atoms with Crippen molar-refractivity contribution in [1.29, 1.82) is 0 Å². The molecule has 2 N–H and O–H groups in total. The van der Waals surface area contributed by atoms with Crippen molar-refractivity contribution in [3.63, 3.8) is 0 Å². The number of H-pyrrole nitrogens is 2. The van der Waals surface area contributed by atoms with Crippen LogP contribution in [0, 0.1) is 0 Å². The molecule has 3 nitrogen and oxygen atoms in total. The van der Waals surface area contributed by atoms with Gasteiger partial charge in [0.25, 0.3) is 0 Å². The number of rotatable bonds is 1. The highest BCUT2D eigenvalue weighted by Gasteiger charge is 2.12. The number of aromatic amines is 2. The normalized spacial score (nSPS) is 10.9. The van der Waals surface area contributed by atoms with Gasteiger partial charge in [0.2, 0.25) is 0 Å². The molecular weight excluding hydrogens is 174 g/mol. The van der Waals surface area contributed by atoms with E-state index in [1.165, 1.54) is 0 Å². The molecule has 3 heteroatoms. The lowest BCUT2D eigenvalue weighted by atomic mass is 10.4. The molecular formula is C11H10N3+. The second-order valence-corrected chi connectivity index (χ2v) is 3.22. The summed E-state index contributed by atoms with van der Waals surface area (Å²) in [6.45, 7) is 0. The molecule has 0 spiro atoms. The lowest BCUT2D eigenvalue weighted by molar-refractivity contribution is -0.498. The first kappa shape index (κ1) is 7.38. The van der Waals surface area contributed by atoms with Crippen molar-refractivity contribution >= 4 is 5.52 Å². The van der Waals surface area contributed by atoms with Gasteiger partial charge in [-0.3, -0.25) is 0 Å². The van der Waals surface area contributed by atoms with Gasteiger partial charge in [0.05, 0.1) is 6.20 Å². The lowest BCUT2D eigenvalue weighted by Crippen LogP contribution is -2.20. The summed E-state index contributed by atoms with van der Waals surface area (Å²) in [5, 5.41) is 0. The summed E-state index contributed by atoms with van der Waals surface area (Å²) in [6.07, 6.45) is 5.96. The smallest absolute Gasteiger partial charge is 0.308 e. The third-order valence-electron chi connectivity index (χ3n) is 2.34. The minimum atomic E-state index is 1.07. The highest BCUT2D eigenvalue weighted by Crippen LogP contribution is 2.10. The Morgan fingerprint density at radius 1 is 1.00 bits per heavy atom. The molecule has 0 saturated heterocycles. The van der Waals surface area contributed by atoms with Gasteiger partial charge in [-0.1, -0.05) is 6.07 Å². The first-order valence-corrected chi connectivity index (χ1v) is 4.57. The number of aromatic nitrogens is 3. The van der Waals surface area contributed by atoms with E-state index in [1.54, 1.807) is 0 Å². The molecule has 0 fully saturated rings. The van der Waals surface area contributed by atoms with Crippen LogP contribution in [0.25, 0.3) is 17.0 Å². The molecule has 3 rings (SSSR count). The van der Waals surface area contributed by atoms with Crippen molar-refractivity contribution in [3.8, 4) is 11.5 Å². The largest absolute Gasteiger partial charge is 0.355 e. The van der Waals surface area contributed by atoms with Gasteiger partial charge < -0.3 is 4.98 Å². The Morgan fingerprint density at radius 3 is 2.86 bits per heavy atom. The van der Waals surface area contributed by atoms with E-state index in [0.717, 1.165) is 17.0 Å². The second kappa shape index (κ2) is 2.73. The van der Waals surface area contributed by atoms with Crippen LogP contribution < -0.4 is 4.40 Å². The summed E-state index contributed by atoms with van der Waals surface area (Å²) in [5.74, 6) is 1.07. The van der Waals surface area contributed by atoms with Crippen LogP contribution in [-0.4, -0.2) is 9.97 Å². The van der Waals surface area contributed by atoms with E-state index in [1.807, 2.05) is 42.9 Å². The van der Waals surface area contributed by atoms with Crippen LogP contribution >= 0.6 is 0 Å². The summed E-state index contributed by atoms with van der Waals surface area (Å²) in [4.78, 5) is 6.43. The van der Waals surface area contributed by atoms with Gasteiger partial charge >= 0.3 is 5.82 Å². The van der Waals surface area contributed by atoms with E-state index in [4.69, 9.17) is 0 Å². The fourth-order valence-electron chi connectivity index (χ4n) is 1.67. The average molecular weight is 184 g/mol. The predicted octanol–water partition coefficient (Wildman–Crippen LogP) is 1.75. The van der Waals surface area contributed by atoms with E-state index in [9.17, 15) is 0 Å². The van der Waals surface area contributed by atoms with E-state index in [0.29, 0.717) is 0 Å². The number of nitrogens with zero attached hydrogens (tertiary/aromatic N) is 1. The fraction of sp³-hybridized carbons (Fsp3) is 0. The monoisotopic (exact) mass is 184 g/mol. The molecule has 0 atom stereocenters. The molecule has 3 heterocycles. The quantitative estimate of drug-likeness (QED) is 0.540. The minimum Gasteiger partial charge on any atom is -0.355 e. The Bertz CT molecular complexity index is 549. The van der Waals surface area contributed by atoms with Gasteiger partial charge in [-0.05, 0) is 24.3 Å². The maximum Gasteiger partial charge on any atom is 0.308 e. The molecule has 3 aromatic rings. The molecule has 0 aromatic carbocycles. The van der Waals surface area contributed by atoms with Crippen molar-refractivity contribution < 1.29 is 4.40 Å². The predicted molar refractivity (Wildman–Crippen MR) is 53.7 cm³/mol. The van der Waals surface area contributed by atoms with E-state index >= 15 is 0 Å². The Hall–Kier alpha value is -2.03. The molecule has 3 aromatic heterocycles. The van der Waals surface area contributed by atoms with Crippen LogP contribution in [-0.2, 0) is 0 Å². The van der Waals surface area contributed by atoms with Gasteiger partial charge in [0, 0.05) is 6.20 Å². The molecule has 0 bridgehead atoms. The molecule has 14 heavy (non-hydrogen) atoms. The van der Waals surface area contributed by atoms with Crippen molar-refractivity contribution in [2.45, 2.75) is 0 Å². The van der Waals surface area contributed by atoms with Crippen LogP contribution in [0.5, 0.6) is 0 Å². The van der Waals surface area contributed by atoms with Gasteiger partial charge in [0.15, 0.2) is 5.52 Å². The Labute approximate surface area is 81.0 Å². The zero-order valence-electron chi connectivity index (χ0n) is 7.57. The first-order chi connectivity index (χ1) is 6.95. The van der Waals surface area contributed by atoms with Gasteiger partial charge in [-0.15, -0.1) is 0 Å². The van der Waals surface area contributed by atoms with Crippen molar-refractivity contribution in [2.75, 3.05) is 0 Å². The number of hydrogen-bond acceptors (Lipinski definition) is 0. The fourth-order valence-corrected chi connectivity index (χ4v) is 1.67. The van der Waals surface area contributed by atoms with E-state index in [2.05, 4.69) is 20.4 Å². The molecule has 0 radical (unpaired) electrons. The molecule has 0 aliphatic rings.